The summed E-state index contributed by atoms with van der Waals surface area (Å²) in [6.45, 7) is 5.36. The Hall–Kier alpha value is -0.550. The molecule has 0 fully saturated rings. The van der Waals surface area contributed by atoms with Gasteiger partial charge in [0.25, 0.3) is 0 Å². The van der Waals surface area contributed by atoms with Gasteiger partial charge in [0.2, 0.25) is 0 Å². The van der Waals surface area contributed by atoms with Crippen LogP contribution in [0, 0.1) is 0 Å². The molecule has 0 unspecified atom stereocenters. The Morgan fingerprint density at radius 2 is 1.94 bits per heavy atom. The van der Waals surface area contributed by atoms with Crippen LogP contribution < -0.4 is 4.74 Å². The molecular weight excluding hydrogens is 352 g/mol. The molecule has 0 heterocycles. The SMILES string of the molecule is CC(C)(C)OC(=O)COc1ccc(Br)cc1Br. The highest BCUT2D eigenvalue weighted by atomic mass is 79.9. The van der Waals surface area contributed by atoms with E-state index in [0.29, 0.717) is 5.75 Å². The number of rotatable bonds is 3. The number of esters is 1. The molecular formula is C12H14Br2O3. The van der Waals surface area contributed by atoms with E-state index in [1.807, 2.05) is 32.9 Å². The second-order valence-corrected chi connectivity index (χ2v) is 6.22. The molecule has 94 valence electrons. The van der Waals surface area contributed by atoms with Crippen molar-refractivity contribution in [1.29, 1.82) is 0 Å². The number of carbonyl (C=O) groups excluding carboxylic acids is 1. The summed E-state index contributed by atoms with van der Waals surface area (Å²) in [5, 5.41) is 0. The Kier molecular flexibility index (Phi) is 5.01. The summed E-state index contributed by atoms with van der Waals surface area (Å²) in [5.41, 5.74) is -0.489. The van der Waals surface area contributed by atoms with E-state index < -0.39 is 5.60 Å². The third kappa shape index (κ3) is 5.55. The normalized spacial score (nSPS) is 11.1. The molecule has 0 radical (unpaired) electrons. The molecule has 0 N–H and O–H groups in total. The minimum Gasteiger partial charge on any atom is -0.481 e. The molecule has 0 atom stereocenters. The summed E-state index contributed by atoms with van der Waals surface area (Å²) >= 11 is 6.69. The fourth-order valence-electron chi connectivity index (χ4n) is 1.10. The molecule has 3 nitrogen and oxygen atoms in total. The fourth-order valence-corrected chi connectivity index (χ4v) is 2.26. The Balaban J connectivity index is 2.53. The number of benzene rings is 1. The molecule has 0 aromatic heterocycles. The molecule has 0 bridgehead atoms. The summed E-state index contributed by atoms with van der Waals surface area (Å²) < 4.78 is 12.2. The van der Waals surface area contributed by atoms with Crippen LogP contribution in [0.4, 0.5) is 0 Å². The van der Waals surface area contributed by atoms with Gasteiger partial charge in [-0.15, -0.1) is 0 Å². The topological polar surface area (TPSA) is 35.5 Å². The van der Waals surface area contributed by atoms with E-state index >= 15 is 0 Å². The summed E-state index contributed by atoms with van der Waals surface area (Å²) in [6.07, 6.45) is 0. The van der Waals surface area contributed by atoms with Crippen molar-refractivity contribution in [3.63, 3.8) is 0 Å². The smallest absolute Gasteiger partial charge is 0.344 e. The highest BCUT2D eigenvalue weighted by Crippen LogP contribution is 2.28. The van der Waals surface area contributed by atoms with E-state index in [0.717, 1.165) is 8.95 Å². The lowest BCUT2D eigenvalue weighted by molar-refractivity contribution is -0.157. The number of carbonyl (C=O) groups is 1. The standard InChI is InChI=1S/C12H14Br2O3/c1-12(2,3)17-11(15)7-16-10-5-4-8(13)6-9(10)14/h4-6H,7H2,1-3H3. The van der Waals surface area contributed by atoms with Crippen molar-refractivity contribution in [2.45, 2.75) is 26.4 Å². The van der Waals surface area contributed by atoms with Gasteiger partial charge in [-0.05, 0) is 54.9 Å². The first-order valence-electron chi connectivity index (χ1n) is 5.07. The number of ether oxygens (including phenoxy) is 2. The zero-order chi connectivity index (χ0) is 13.1. The highest BCUT2D eigenvalue weighted by molar-refractivity contribution is 9.11. The van der Waals surface area contributed by atoms with E-state index in [9.17, 15) is 4.79 Å². The maximum atomic E-state index is 11.4. The van der Waals surface area contributed by atoms with E-state index in [1.165, 1.54) is 0 Å². The monoisotopic (exact) mass is 364 g/mol. The third-order valence-corrected chi connectivity index (χ3v) is 2.77. The molecule has 5 heteroatoms. The third-order valence-electron chi connectivity index (χ3n) is 1.66. The Morgan fingerprint density at radius 1 is 1.29 bits per heavy atom. The van der Waals surface area contributed by atoms with Crippen molar-refractivity contribution in [2.75, 3.05) is 6.61 Å². The van der Waals surface area contributed by atoms with Crippen molar-refractivity contribution in [3.05, 3.63) is 27.1 Å². The van der Waals surface area contributed by atoms with Crippen LogP contribution in [0.1, 0.15) is 20.8 Å². The van der Waals surface area contributed by atoms with E-state index in [1.54, 1.807) is 6.07 Å². The van der Waals surface area contributed by atoms with Gasteiger partial charge in [-0.25, -0.2) is 4.79 Å². The van der Waals surface area contributed by atoms with Crippen LogP contribution in [0.3, 0.4) is 0 Å². The summed E-state index contributed by atoms with van der Waals surface area (Å²) in [5.74, 6) is 0.228. The van der Waals surface area contributed by atoms with E-state index in [2.05, 4.69) is 31.9 Å². The molecule has 0 spiro atoms. The van der Waals surface area contributed by atoms with Gasteiger partial charge in [0, 0.05) is 4.47 Å². The van der Waals surface area contributed by atoms with Gasteiger partial charge < -0.3 is 9.47 Å². The molecule has 1 aromatic rings. The van der Waals surface area contributed by atoms with Gasteiger partial charge in [-0.1, -0.05) is 15.9 Å². The maximum absolute atomic E-state index is 11.4. The number of hydrogen-bond donors (Lipinski definition) is 0. The lowest BCUT2D eigenvalue weighted by Crippen LogP contribution is -2.27. The van der Waals surface area contributed by atoms with Crippen molar-refractivity contribution < 1.29 is 14.3 Å². The van der Waals surface area contributed by atoms with Crippen LogP contribution in [0.2, 0.25) is 0 Å². The second kappa shape index (κ2) is 5.87. The molecule has 0 aliphatic carbocycles. The number of hydrogen-bond acceptors (Lipinski definition) is 3. The minimum absolute atomic E-state index is 0.0997. The molecule has 0 saturated heterocycles. The van der Waals surface area contributed by atoms with Crippen molar-refractivity contribution in [2.24, 2.45) is 0 Å². The Morgan fingerprint density at radius 3 is 2.47 bits per heavy atom. The van der Waals surface area contributed by atoms with Crippen LogP contribution >= 0.6 is 31.9 Å². The zero-order valence-electron chi connectivity index (χ0n) is 9.92. The predicted molar refractivity (Wildman–Crippen MR) is 73.2 cm³/mol. The van der Waals surface area contributed by atoms with Crippen LogP contribution in [0.15, 0.2) is 27.1 Å². The first kappa shape index (κ1) is 14.5. The molecule has 0 aliphatic rings. The molecule has 0 amide bonds. The lowest BCUT2D eigenvalue weighted by atomic mass is 10.2. The highest BCUT2D eigenvalue weighted by Gasteiger charge is 2.16. The van der Waals surface area contributed by atoms with Crippen molar-refractivity contribution in [3.8, 4) is 5.75 Å². The van der Waals surface area contributed by atoms with Gasteiger partial charge >= 0.3 is 5.97 Å². The maximum Gasteiger partial charge on any atom is 0.344 e. The molecule has 0 aliphatic heterocycles. The zero-order valence-corrected chi connectivity index (χ0v) is 13.1. The molecule has 1 aromatic carbocycles. The summed E-state index contributed by atoms with van der Waals surface area (Å²) in [7, 11) is 0. The quantitative estimate of drug-likeness (QED) is 0.761. The average molecular weight is 366 g/mol. The van der Waals surface area contributed by atoms with Gasteiger partial charge in [0.1, 0.15) is 11.4 Å². The predicted octanol–water partition coefficient (Wildman–Crippen LogP) is 3.93. The fraction of sp³-hybridized carbons (Fsp3) is 0.417. The first-order valence-corrected chi connectivity index (χ1v) is 6.66. The summed E-state index contributed by atoms with van der Waals surface area (Å²) in [6, 6.07) is 5.47. The van der Waals surface area contributed by atoms with E-state index in [4.69, 9.17) is 9.47 Å². The minimum atomic E-state index is -0.489. The molecule has 0 saturated carbocycles. The number of halogens is 2. The second-order valence-electron chi connectivity index (χ2n) is 4.45. The molecule has 1 rings (SSSR count). The van der Waals surface area contributed by atoms with Crippen LogP contribution in [0.5, 0.6) is 5.75 Å². The van der Waals surface area contributed by atoms with E-state index in [-0.39, 0.29) is 12.6 Å². The van der Waals surface area contributed by atoms with Crippen LogP contribution in [0.25, 0.3) is 0 Å². The van der Waals surface area contributed by atoms with Gasteiger partial charge in [-0.2, -0.15) is 0 Å². The van der Waals surface area contributed by atoms with Crippen molar-refractivity contribution >= 4 is 37.8 Å². The summed E-state index contributed by atoms with van der Waals surface area (Å²) in [4.78, 5) is 11.4. The first-order chi connectivity index (χ1) is 7.78. The van der Waals surface area contributed by atoms with Crippen LogP contribution in [-0.4, -0.2) is 18.2 Å². The van der Waals surface area contributed by atoms with Crippen LogP contribution in [-0.2, 0) is 9.53 Å². The molecule has 17 heavy (non-hydrogen) atoms. The van der Waals surface area contributed by atoms with Gasteiger partial charge in [0.15, 0.2) is 6.61 Å². The van der Waals surface area contributed by atoms with Gasteiger partial charge in [0.05, 0.1) is 4.47 Å². The average Bonchev–Trinajstić information content (AvgIpc) is 2.13. The Bertz CT molecular complexity index is 411. The largest absolute Gasteiger partial charge is 0.481 e. The van der Waals surface area contributed by atoms with Crippen molar-refractivity contribution in [1.82, 2.24) is 0 Å². The lowest BCUT2D eigenvalue weighted by Gasteiger charge is -2.19. The van der Waals surface area contributed by atoms with Gasteiger partial charge in [-0.3, -0.25) is 0 Å². The Labute approximate surface area is 118 Å².